The Morgan fingerprint density at radius 2 is 1.95 bits per heavy atom. The van der Waals surface area contributed by atoms with Gasteiger partial charge in [-0.3, -0.25) is 4.79 Å². The van der Waals surface area contributed by atoms with Gasteiger partial charge in [0.25, 0.3) is 5.91 Å². The number of esters is 1. The minimum absolute atomic E-state index is 0.0603. The molecule has 0 saturated carbocycles. The number of nitrogens with one attached hydrogen (secondary N) is 1. The maximum atomic E-state index is 12.0. The third-order valence-corrected chi connectivity index (χ3v) is 2.92. The zero-order chi connectivity index (χ0) is 15.4. The maximum Gasteiger partial charge on any atom is 0.340 e. The molecule has 0 fully saturated rings. The van der Waals surface area contributed by atoms with Gasteiger partial charge < -0.3 is 10.1 Å². The summed E-state index contributed by atoms with van der Waals surface area (Å²) in [5.74, 6) is -1.15. The lowest BCUT2D eigenvalue weighted by Gasteiger charge is -2.09. The molecule has 1 aromatic heterocycles. The van der Waals surface area contributed by atoms with E-state index in [2.05, 4.69) is 20.0 Å². The van der Waals surface area contributed by atoms with Gasteiger partial charge in [0.2, 0.25) is 0 Å². The molecule has 1 aromatic carbocycles. The van der Waals surface area contributed by atoms with Crippen LogP contribution in [0.4, 0.5) is 5.69 Å². The molecule has 8 heteroatoms. The fourth-order valence-electron chi connectivity index (χ4n) is 1.52. The number of benzene rings is 1. The minimum atomic E-state index is -0.616. The van der Waals surface area contributed by atoms with Crippen molar-refractivity contribution >= 4 is 40.8 Å². The molecule has 0 spiro atoms. The van der Waals surface area contributed by atoms with E-state index in [1.807, 2.05) is 0 Å². The summed E-state index contributed by atoms with van der Waals surface area (Å²) in [6.07, 6.45) is 2.48. The molecule has 6 nitrogen and oxygen atoms in total. The Bertz CT molecular complexity index is 690. The maximum absolute atomic E-state index is 12.0. The molecule has 2 rings (SSSR count). The zero-order valence-corrected chi connectivity index (χ0v) is 12.3. The second kappa shape index (κ2) is 6.51. The van der Waals surface area contributed by atoms with E-state index < -0.39 is 11.9 Å². The summed E-state index contributed by atoms with van der Waals surface area (Å²) in [6, 6.07) is 4.43. The highest BCUT2D eigenvalue weighted by molar-refractivity contribution is 6.31. The van der Waals surface area contributed by atoms with Gasteiger partial charge in [0, 0.05) is 5.02 Å². The average Bonchev–Trinajstić information content (AvgIpc) is 2.48. The quantitative estimate of drug-likeness (QED) is 0.877. The summed E-state index contributed by atoms with van der Waals surface area (Å²) < 4.78 is 4.64. The van der Waals surface area contributed by atoms with E-state index in [1.54, 1.807) is 0 Å². The summed E-state index contributed by atoms with van der Waals surface area (Å²) in [7, 11) is 1.24. The number of anilines is 1. The monoisotopic (exact) mass is 325 g/mol. The summed E-state index contributed by atoms with van der Waals surface area (Å²) in [5.41, 5.74) is 0.457. The summed E-state index contributed by atoms with van der Waals surface area (Å²) in [6.45, 7) is 0. The van der Waals surface area contributed by atoms with Crippen molar-refractivity contribution in [3.63, 3.8) is 0 Å². The van der Waals surface area contributed by atoms with Gasteiger partial charge in [-0.1, -0.05) is 23.2 Å². The smallest absolute Gasteiger partial charge is 0.340 e. The second-order valence-electron chi connectivity index (χ2n) is 3.86. The Kier molecular flexibility index (Phi) is 4.72. The number of halogens is 2. The molecule has 21 heavy (non-hydrogen) atoms. The largest absolute Gasteiger partial charge is 0.465 e. The van der Waals surface area contributed by atoms with E-state index in [9.17, 15) is 9.59 Å². The highest BCUT2D eigenvalue weighted by Gasteiger charge is 2.16. The SMILES string of the molecule is COC(=O)c1cc(Cl)ccc1NC(=O)c1cnc(Cl)cn1. The number of ether oxygens (including phenoxy) is 1. The van der Waals surface area contributed by atoms with Gasteiger partial charge in [-0.05, 0) is 18.2 Å². The molecule has 1 heterocycles. The van der Waals surface area contributed by atoms with Crippen LogP contribution in [-0.2, 0) is 4.74 Å². The van der Waals surface area contributed by atoms with Crippen LogP contribution >= 0.6 is 23.2 Å². The van der Waals surface area contributed by atoms with Crippen molar-refractivity contribution in [2.24, 2.45) is 0 Å². The number of carbonyl (C=O) groups is 2. The molecule has 108 valence electrons. The number of rotatable bonds is 3. The lowest BCUT2D eigenvalue weighted by atomic mass is 10.1. The normalized spacial score (nSPS) is 10.0. The lowest BCUT2D eigenvalue weighted by Crippen LogP contribution is -2.16. The summed E-state index contributed by atoms with van der Waals surface area (Å²) in [4.78, 5) is 31.3. The van der Waals surface area contributed by atoms with Crippen molar-refractivity contribution in [3.8, 4) is 0 Å². The van der Waals surface area contributed by atoms with E-state index in [1.165, 1.54) is 37.7 Å². The van der Waals surface area contributed by atoms with Crippen molar-refractivity contribution in [1.82, 2.24) is 9.97 Å². The van der Waals surface area contributed by atoms with Crippen molar-refractivity contribution in [1.29, 1.82) is 0 Å². The highest BCUT2D eigenvalue weighted by atomic mass is 35.5. The van der Waals surface area contributed by atoms with Crippen LogP contribution in [0.5, 0.6) is 0 Å². The number of aromatic nitrogens is 2. The number of nitrogens with zero attached hydrogens (tertiary/aromatic N) is 2. The van der Waals surface area contributed by atoms with Gasteiger partial charge in [-0.25, -0.2) is 14.8 Å². The van der Waals surface area contributed by atoms with E-state index in [0.717, 1.165) is 0 Å². The van der Waals surface area contributed by atoms with E-state index >= 15 is 0 Å². The number of amides is 1. The third kappa shape index (κ3) is 3.68. The standard InChI is InChI=1S/C13H9Cl2N3O3/c1-21-13(20)8-4-7(14)2-3-9(8)18-12(19)10-5-17-11(15)6-16-10/h2-6H,1H3,(H,18,19). The third-order valence-electron chi connectivity index (χ3n) is 2.49. The van der Waals surface area contributed by atoms with Crippen LogP contribution in [-0.4, -0.2) is 29.0 Å². The fraction of sp³-hybridized carbons (Fsp3) is 0.0769. The Hall–Kier alpha value is -2.18. The van der Waals surface area contributed by atoms with Gasteiger partial charge in [-0.2, -0.15) is 0 Å². The van der Waals surface area contributed by atoms with Gasteiger partial charge in [0.15, 0.2) is 0 Å². The van der Waals surface area contributed by atoms with Crippen LogP contribution < -0.4 is 5.32 Å². The van der Waals surface area contributed by atoms with Crippen LogP contribution in [0.1, 0.15) is 20.8 Å². The van der Waals surface area contributed by atoms with Crippen molar-refractivity contribution < 1.29 is 14.3 Å². The highest BCUT2D eigenvalue weighted by Crippen LogP contribution is 2.22. The molecular weight excluding hydrogens is 317 g/mol. The van der Waals surface area contributed by atoms with Gasteiger partial charge >= 0.3 is 5.97 Å². The predicted octanol–water partition coefficient (Wildman–Crippen LogP) is 2.82. The van der Waals surface area contributed by atoms with Crippen LogP contribution in [0.25, 0.3) is 0 Å². The number of hydrogen-bond acceptors (Lipinski definition) is 5. The number of carbonyl (C=O) groups excluding carboxylic acids is 2. The molecule has 0 aliphatic carbocycles. The lowest BCUT2D eigenvalue weighted by molar-refractivity contribution is 0.0602. The molecule has 0 bridgehead atoms. The number of hydrogen-bond donors (Lipinski definition) is 1. The first-order chi connectivity index (χ1) is 10.0. The van der Waals surface area contributed by atoms with E-state index in [4.69, 9.17) is 23.2 Å². The molecule has 0 saturated heterocycles. The van der Waals surface area contributed by atoms with Crippen LogP contribution in [0.15, 0.2) is 30.6 Å². The van der Waals surface area contributed by atoms with E-state index in [0.29, 0.717) is 5.02 Å². The van der Waals surface area contributed by atoms with Crippen LogP contribution in [0, 0.1) is 0 Å². The molecule has 0 unspecified atom stereocenters. The van der Waals surface area contributed by atoms with Crippen molar-refractivity contribution in [3.05, 3.63) is 52.0 Å². The first-order valence-electron chi connectivity index (χ1n) is 5.68. The Morgan fingerprint density at radius 1 is 1.19 bits per heavy atom. The Morgan fingerprint density at radius 3 is 2.57 bits per heavy atom. The molecular formula is C13H9Cl2N3O3. The Labute approximate surface area is 130 Å². The van der Waals surface area contributed by atoms with Crippen molar-refractivity contribution in [2.75, 3.05) is 12.4 Å². The molecule has 0 radical (unpaired) electrons. The van der Waals surface area contributed by atoms with Crippen LogP contribution in [0.2, 0.25) is 10.2 Å². The van der Waals surface area contributed by atoms with Crippen molar-refractivity contribution in [2.45, 2.75) is 0 Å². The Balaban J connectivity index is 2.28. The number of methoxy groups -OCH3 is 1. The van der Waals surface area contributed by atoms with Crippen LogP contribution in [0.3, 0.4) is 0 Å². The molecule has 0 aliphatic rings. The average molecular weight is 326 g/mol. The topological polar surface area (TPSA) is 81.2 Å². The zero-order valence-electron chi connectivity index (χ0n) is 10.8. The second-order valence-corrected chi connectivity index (χ2v) is 4.68. The molecule has 0 atom stereocenters. The minimum Gasteiger partial charge on any atom is -0.465 e. The van der Waals surface area contributed by atoms with Gasteiger partial charge in [0.1, 0.15) is 10.8 Å². The molecule has 0 aliphatic heterocycles. The molecule has 1 amide bonds. The first-order valence-corrected chi connectivity index (χ1v) is 6.43. The summed E-state index contributed by atoms with van der Waals surface area (Å²) >= 11 is 11.4. The van der Waals surface area contributed by atoms with Gasteiger partial charge in [0.05, 0.1) is 30.8 Å². The van der Waals surface area contributed by atoms with E-state index in [-0.39, 0.29) is 22.1 Å². The molecule has 2 aromatic rings. The first kappa shape index (κ1) is 15.2. The fourth-order valence-corrected chi connectivity index (χ4v) is 1.79. The summed E-state index contributed by atoms with van der Waals surface area (Å²) in [5, 5.41) is 3.07. The van der Waals surface area contributed by atoms with Gasteiger partial charge in [-0.15, -0.1) is 0 Å². The molecule has 1 N–H and O–H groups in total. The predicted molar refractivity (Wildman–Crippen MR) is 77.8 cm³/mol.